The van der Waals surface area contributed by atoms with Gasteiger partial charge in [-0.25, -0.2) is 0 Å². The van der Waals surface area contributed by atoms with Gasteiger partial charge in [-0.3, -0.25) is 0 Å². The van der Waals surface area contributed by atoms with E-state index >= 15 is 0 Å². The monoisotopic (exact) mass is 299 g/mol. The van der Waals surface area contributed by atoms with Gasteiger partial charge in [-0.2, -0.15) is 38.1 Å². The van der Waals surface area contributed by atoms with E-state index < -0.39 is 28.6 Å². The van der Waals surface area contributed by atoms with Crippen LogP contribution in [0, 0.1) is 12.3 Å². The molecule has 19 heavy (non-hydrogen) atoms. The maximum Gasteiger partial charge on any atom is 0.416 e. The fraction of sp³-hybridized carbons (Fsp3) is 0.417. The second kappa shape index (κ2) is 4.33. The molecule has 1 radical (unpaired) electrons. The normalized spacial score (nSPS) is 28.1. The first kappa shape index (κ1) is 14.6. The van der Waals surface area contributed by atoms with Crippen LogP contribution in [0.15, 0.2) is 24.3 Å². The molecule has 1 aliphatic rings. The molecule has 2 unspecified atom stereocenters. The maximum absolute atomic E-state index is 12.9. The lowest BCUT2D eigenvalue weighted by atomic mass is 9.82. The quantitative estimate of drug-likeness (QED) is 0.666. The van der Waals surface area contributed by atoms with Crippen molar-refractivity contribution in [3.8, 4) is 0 Å². The first-order chi connectivity index (χ1) is 8.56. The van der Waals surface area contributed by atoms with Gasteiger partial charge in [0.15, 0.2) is 0 Å². The molecule has 0 aliphatic carbocycles. The summed E-state index contributed by atoms with van der Waals surface area (Å²) >= 11 is 0.962. The maximum atomic E-state index is 12.9. The molecule has 0 bridgehead atoms. The molecule has 2 atom stereocenters. The molecule has 1 heterocycles. The first-order valence-corrected chi connectivity index (χ1v) is 6.31. The lowest BCUT2D eigenvalue weighted by Gasteiger charge is -2.47. The molecule has 105 valence electrons. The van der Waals surface area contributed by atoms with E-state index in [-0.39, 0.29) is 11.3 Å². The number of hydrogen-bond acceptors (Lipinski definition) is 1. The molecule has 0 aromatic heterocycles. The number of benzene rings is 1. The molecule has 1 aromatic rings. The van der Waals surface area contributed by atoms with Crippen molar-refractivity contribution in [3.63, 3.8) is 0 Å². The molecule has 0 nitrogen and oxygen atoms in total. The van der Waals surface area contributed by atoms with Crippen molar-refractivity contribution >= 4 is 11.8 Å². The molecule has 1 saturated heterocycles. The first-order valence-electron chi connectivity index (χ1n) is 5.26. The van der Waals surface area contributed by atoms with E-state index in [2.05, 4.69) is 6.92 Å². The van der Waals surface area contributed by atoms with Crippen LogP contribution in [-0.4, -0.2) is 11.9 Å². The third kappa shape index (κ3) is 2.44. The third-order valence-electron chi connectivity index (χ3n) is 3.09. The van der Waals surface area contributed by atoms with Crippen LogP contribution >= 0.6 is 11.8 Å². The van der Waals surface area contributed by atoms with Crippen LogP contribution < -0.4 is 0 Å². The molecular formula is C12H9F6S. The number of alkyl halides is 6. The summed E-state index contributed by atoms with van der Waals surface area (Å²) in [7, 11) is 0. The van der Waals surface area contributed by atoms with Crippen molar-refractivity contribution in [1.29, 1.82) is 0 Å². The van der Waals surface area contributed by atoms with E-state index in [0.717, 1.165) is 30.0 Å². The smallest absolute Gasteiger partial charge is 0.170 e. The summed E-state index contributed by atoms with van der Waals surface area (Å²) in [4.78, 5) is 0. The molecule has 1 fully saturated rings. The highest BCUT2D eigenvalue weighted by Crippen LogP contribution is 2.63. The minimum absolute atomic E-state index is 0.0124. The van der Waals surface area contributed by atoms with Crippen LogP contribution in [0.5, 0.6) is 0 Å². The zero-order valence-electron chi connectivity index (χ0n) is 9.48. The number of hydrogen-bond donors (Lipinski definition) is 0. The molecule has 7 heteroatoms. The fourth-order valence-corrected chi connectivity index (χ4v) is 3.26. The van der Waals surface area contributed by atoms with Crippen LogP contribution in [0.2, 0.25) is 0 Å². The molecule has 1 aliphatic heterocycles. The summed E-state index contributed by atoms with van der Waals surface area (Å²) in [6.07, 6.45) is -9.09. The van der Waals surface area contributed by atoms with E-state index in [1.807, 2.05) is 0 Å². The summed E-state index contributed by atoms with van der Waals surface area (Å²) in [5.74, 6) is -0.239. The van der Waals surface area contributed by atoms with E-state index in [1.165, 1.54) is 6.07 Å². The minimum Gasteiger partial charge on any atom is -0.170 e. The van der Waals surface area contributed by atoms with Crippen LogP contribution in [0.3, 0.4) is 0 Å². The Labute approximate surface area is 110 Å². The van der Waals surface area contributed by atoms with Gasteiger partial charge in [-0.15, -0.1) is 0 Å². The van der Waals surface area contributed by atoms with Gasteiger partial charge < -0.3 is 0 Å². The van der Waals surface area contributed by atoms with Crippen LogP contribution in [-0.2, 0) is 6.18 Å². The molecular weight excluding hydrogens is 290 g/mol. The SMILES string of the molecule is [CH2]C1(C(F)(F)F)CSC1c1cccc(C(F)(F)F)c1. The van der Waals surface area contributed by atoms with Gasteiger partial charge in [0.2, 0.25) is 0 Å². The summed E-state index contributed by atoms with van der Waals surface area (Å²) in [6.45, 7) is 3.17. The number of rotatable bonds is 1. The Bertz CT molecular complexity index is 478. The molecule has 0 saturated carbocycles. The van der Waals surface area contributed by atoms with Gasteiger partial charge in [-0.1, -0.05) is 18.2 Å². The van der Waals surface area contributed by atoms with Crippen LogP contribution in [0.1, 0.15) is 16.4 Å². The second-order valence-electron chi connectivity index (χ2n) is 4.47. The number of halogens is 6. The Balaban J connectivity index is 2.34. The van der Waals surface area contributed by atoms with Crippen LogP contribution in [0.4, 0.5) is 26.3 Å². The average molecular weight is 299 g/mol. The second-order valence-corrected chi connectivity index (χ2v) is 5.56. The van der Waals surface area contributed by atoms with Gasteiger partial charge in [0.1, 0.15) is 0 Å². The lowest BCUT2D eigenvalue weighted by molar-refractivity contribution is -0.204. The van der Waals surface area contributed by atoms with Gasteiger partial charge in [0.25, 0.3) is 0 Å². The lowest BCUT2D eigenvalue weighted by Crippen LogP contribution is -2.48. The average Bonchev–Trinajstić information content (AvgIpc) is 2.24. The predicted molar refractivity (Wildman–Crippen MR) is 60.5 cm³/mol. The van der Waals surface area contributed by atoms with E-state index in [1.54, 1.807) is 0 Å². The van der Waals surface area contributed by atoms with Gasteiger partial charge in [0, 0.05) is 11.0 Å². The highest BCUT2D eigenvalue weighted by atomic mass is 32.2. The van der Waals surface area contributed by atoms with Gasteiger partial charge in [-0.05, 0) is 18.6 Å². The van der Waals surface area contributed by atoms with Crippen molar-refractivity contribution in [2.24, 2.45) is 5.41 Å². The van der Waals surface area contributed by atoms with Crippen molar-refractivity contribution < 1.29 is 26.3 Å². The Kier molecular flexibility index (Phi) is 3.32. The topological polar surface area (TPSA) is 0 Å². The fourth-order valence-electron chi connectivity index (χ4n) is 1.89. The zero-order valence-corrected chi connectivity index (χ0v) is 10.3. The molecule has 0 N–H and O–H groups in total. The Morgan fingerprint density at radius 3 is 2.21 bits per heavy atom. The standard InChI is InChI=1S/C12H9F6S/c1-10(12(16,17)18)6-19-9(10)7-3-2-4-8(5-7)11(13,14)15/h2-5,9H,1,6H2. The third-order valence-corrected chi connectivity index (χ3v) is 4.83. The summed E-state index contributed by atoms with van der Waals surface area (Å²) in [5, 5.41) is -1.09. The largest absolute Gasteiger partial charge is 0.416 e. The van der Waals surface area contributed by atoms with Gasteiger partial charge in [0.05, 0.1) is 11.0 Å². The van der Waals surface area contributed by atoms with Crippen LogP contribution in [0.25, 0.3) is 0 Å². The predicted octanol–water partition coefficient (Wildman–Crippen LogP) is 4.88. The summed E-state index contributed by atoms with van der Waals surface area (Å²) in [6, 6.07) is 4.00. The minimum atomic E-state index is -4.56. The van der Waals surface area contributed by atoms with Crippen molar-refractivity contribution in [1.82, 2.24) is 0 Å². The zero-order chi connectivity index (χ0) is 14.5. The van der Waals surface area contributed by atoms with Crippen molar-refractivity contribution in [2.45, 2.75) is 17.6 Å². The van der Waals surface area contributed by atoms with Crippen molar-refractivity contribution in [3.05, 3.63) is 42.3 Å². The molecule has 0 spiro atoms. The molecule has 0 amide bonds. The Hall–Kier alpha value is -0.850. The molecule has 2 rings (SSSR count). The van der Waals surface area contributed by atoms with E-state index in [0.29, 0.717) is 0 Å². The highest BCUT2D eigenvalue weighted by molar-refractivity contribution is 8.01. The van der Waals surface area contributed by atoms with E-state index in [4.69, 9.17) is 0 Å². The summed E-state index contributed by atoms with van der Waals surface area (Å²) in [5.41, 5.74) is -3.14. The van der Waals surface area contributed by atoms with Crippen molar-refractivity contribution in [2.75, 3.05) is 5.75 Å². The van der Waals surface area contributed by atoms with E-state index in [9.17, 15) is 26.3 Å². The summed E-state index contributed by atoms with van der Waals surface area (Å²) < 4.78 is 76.2. The van der Waals surface area contributed by atoms with Gasteiger partial charge >= 0.3 is 12.4 Å². The molecule has 1 aromatic carbocycles. The Morgan fingerprint density at radius 1 is 1.16 bits per heavy atom. The highest BCUT2D eigenvalue weighted by Gasteiger charge is 2.62. The Morgan fingerprint density at radius 2 is 1.79 bits per heavy atom. The number of thioether (sulfide) groups is 1.